The fourth-order valence-electron chi connectivity index (χ4n) is 4.16. The maximum absolute atomic E-state index is 13.6. The standard InChI is InChI=1S/C26H47N7O5/c1-7-17-22(36)32-19(13-15(2)3)21(35)29-12-10-26(6,14-20(34)16(4)5)24(38)33-18(23(37)31-17)9-8-11-30-25(27)28/h15-19H,7-14H2,1-6H3,(H,29,35)(H,31,37)(H,32,36)(H,33,38)(H4,27,28,30)/t17-,18-,19+,26-/m0/s1. The Bertz CT molecular complexity index is 885. The molecule has 4 amide bonds. The molecule has 8 N–H and O–H groups in total. The van der Waals surface area contributed by atoms with Crippen LogP contribution in [-0.2, 0) is 24.0 Å². The van der Waals surface area contributed by atoms with E-state index >= 15 is 0 Å². The molecule has 1 saturated heterocycles. The number of nitrogens with zero attached hydrogens (tertiary/aromatic N) is 1. The summed E-state index contributed by atoms with van der Waals surface area (Å²) in [7, 11) is 0. The summed E-state index contributed by atoms with van der Waals surface area (Å²) < 4.78 is 0. The number of carbonyl (C=O) groups is 5. The summed E-state index contributed by atoms with van der Waals surface area (Å²) in [6.07, 6.45) is 1.42. The molecular formula is C26H47N7O5. The Kier molecular flexibility index (Phi) is 13.2. The Labute approximate surface area is 225 Å². The summed E-state index contributed by atoms with van der Waals surface area (Å²) in [6.45, 7) is 11.2. The summed E-state index contributed by atoms with van der Waals surface area (Å²) in [5, 5.41) is 11.1. The van der Waals surface area contributed by atoms with Gasteiger partial charge in [-0.1, -0.05) is 41.5 Å². The first-order valence-corrected chi connectivity index (χ1v) is 13.5. The SMILES string of the molecule is CC[C@@H]1NC(=O)[C@H](CCCN=C(N)N)NC(=O)[C@](C)(CC(=O)C(C)C)CCNC(=O)[C@@H](CC(C)C)NC1=O. The molecule has 0 saturated carbocycles. The zero-order valence-electron chi connectivity index (χ0n) is 23.7. The molecule has 4 atom stereocenters. The summed E-state index contributed by atoms with van der Waals surface area (Å²) in [6, 6.07) is -2.68. The van der Waals surface area contributed by atoms with Crippen LogP contribution in [-0.4, -0.2) is 66.6 Å². The number of Topliss-reactive ketones (excluding diaryl/α,β-unsaturated/α-hetero) is 1. The molecular weight excluding hydrogens is 490 g/mol. The van der Waals surface area contributed by atoms with Gasteiger partial charge in [-0.3, -0.25) is 29.0 Å². The van der Waals surface area contributed by atoms with Crippen molar-refractivity contribution in [1.82, 2.24) is 21.3 Å². The fraction of sp³-hybridized carbons (Fsp3) is 0.769. The average molecular weight is 538 g/mol. The molecule has 38 heavy (non-hydrogen) atoms. The van der Waals surface area contributed by atoms with Crippen LogP contribution >= 0.6 is 0 Å². The van der Waals surface area contributed by atoms with Crippen molar-refractivity contribution in [3.05, 3.63) is 0 Å². The molecule has 12 nitrogen and oxygen atoms in total. The quantitative estimate of drug-likeness (QED) is 0.129. The minimum atomic E-state index is -1.17. The van der Waals surface area contributed by atoms with Gasteiger partial charge >= 0.3 is 0 Å². The largest absolute Gasteiger partial charge is 0.370 e. The monoisotopic (exact) mass is 537 g/mol. The van der Waals surface area contributed by atoms with Crippen LogP contribution in [0.5, 0.6) is 0 Å². The normalized spacial score (nSPS) is 25.6. The number of nitrogens with two attached hydrogens (primary N) is 2. The van der Waals surface area contributed by atoms with Gasteiger partial charge in [0.2, 0.25) is 23.6 Å². The second-order valence-corrected chi connectivity index (χ2v) is 11.0. The van der Waals surface area contributed by atoms with Crippen molar-refractivity contribution >= 4 is 35.4 Å². The van der Waals surface area contributed by atoms with Crippen molar-refractivity contribution in [2.75, 3.05) is 13.1 Å². The molecule has 1 aliphatic rings. The highest BCUT2D eigenvalue weighted by Gasteiger charge is 2.39. The Morgan fingerprint density at radius 3 is 2.13 bits per heavy atom. The molecule has 1 fully saturated rings. The summed E-state index contributed by atoms with van der Waals surface area (Å²) >= 11 is 0. The van der Waals surface area contributed by atoms with Gasteiger partial charge in [-0.25, -0.2) is 0 Å². The lowest BCUT2D eigenvalue weighted by atomic mass is 9.78. The van der Waals surface area contributed by atoms with Crippen molar-refractivity contribution in [3.63, 3.8) is 0 Å². The van der Waals surface area contributed by atoms with Crippen LogP contribution in [0.25, 0.3) is 0 Å². The van der Waals surface area contributed by atoms with Crippen molar-refractivity contribution in [2.24, 2.45) is 33.7 Å². The van der Waals surface area contributed by atoms with Crippen LogP contribution in [0.1, 0.15) is 80.1 Å². The second kappa shape index (κ2) is 15.3. The third-order valence-electron chi connectivity index (χ3n) is 6.68. The van der Waals surface area contributed by atoms with Crippen molar-refractivity contribution in [2.45, 2.75) is 98.2 Å². The first-order valence-electron chi connectivity index (χ1n) is 13.5. The van der Waals surface area contributed by atoms with E-state index in [-0.39, 0.29) is 68.3 Å². The maximum atomic E-state index is 13.6. The topological polar surface area (TPSA) is 198 Å². The smallest absolute Gasteiger partial charge is 0.243 e. The molecule has 0 aromatic carbocycles. The summed E-state index contributed by atoms with van der Waals surface area (Å²) in [5.41, 5.74) is 9.60. The van der Waals surface area contributed by atoms with Gasteiger partial charge in [0.25, 0.3) is 0 Å². The van der Waals surface area contributed by atoms with Gasteiger partial charge in [-0.2, -0.15) is 0 Å². The molecule has 0 aromatic rings. The van der Waals surface area contributed by atoms with E-state index in [1.807, 2.05) is 13.8 Å². The van der Waals surface area contributed by atoms with Gasteiger partial charge in [0.1, 0.15) is 23.9 Å². The number of nitrogens with one attached hydrogen (secondary N) is 4. The maximum Gasteiger partial charge on any atom is 0.243 e. The molecule has 0 aliphatic carbocycles. The highest BCUT2D eigenvalue weighted by Crippen LogP contribution is 2.28. The van der Waals surface area contributed by atoms with Crippen LogP contribution < -0.4 is 32.7 Å². The van der Waals surface area contributed by atoms with E-state index in [1.54, 1.807) is 27.7 Å². The number of guanidine groups is 1. The second-order valence-electron chi connectivity index (χ2n) is 11.0. The van der Waals surface area contributed by atoms with E-state index in [0.717, 1.165) is 0 Å². The summed E-state index contributed by atoms with van der Waals surface area (Å²) in [5.74, 6) is -2.20. The van der Waals surface area contributed by atoms with Crippen LogP contribution in [0.15, 0.2) is 4.99 Å². The van der Waals surface area contributed by atoms with Crippen molar-refractivity contribution in [3.8, 4) is 0 Å². The molecule has 12 heteroatoms. The summed E-state index contributed by atoms with van der Waals surface area (Å²) in [4.78, 5) is 69.5. The number of ketones is 1. The van der Waals surface area contributed by atoms with Crippen LogP contribution in [0.3, 0.4) is 0 Å². The Morgan fingerprint density at radius 2 is 1.58 bits per heavy atom. The minimum Gasteiger partial charge on any atom is -0.370 e. The molecule has 0 aromatic heterocycles. The first kappa shape index (κ1) is 32.8. The van der Waals surface area contributed by atoms with Gasteiger partial charge in [0.05, 0.1) is 5.41 Å². The molecule has 1 heterocycles. The molecule has 0 bridgehead atoms. The number of hydrogen-bond acceptors (Lipinski definition) is 6. The fourth-order valence-corrected chi connectivity index (χ4v) is 4.16. The van der Waals surface area contributed by atoms with Crippen molar-refractivity contribution in [1.29, 1.82) is 0 Å². The van der Waals surface area contributed by atoms with E-state index in [4.69, 9.17) is 11.5 Å². The minimum absolute atomic E-state index is 0.0432. The zero-order valence-corrected chi connectivity index (χ0v) is 23.7. The predicted octanol–water partition coefficient (Wildman–Crippen LogP) is 0.0919. The Balaban J connectivity index is 3.37. The van der Waals surface area contributed by atoms with Gasteiger partial charge in [-0.05, 0) is 38.0 Å². The van der Waals surface area contributed by atoms with E-state index in [1.165, 1.54) is 0 Å². The Morgan fingerprint density at radius 1 is 0.974 bits per heavy atom. The highest BCUT2D eigenvalue weighted by atomic mass is 16.2. The lowest BCUT2D eigenvalue weighted by Gasteiger charge is -2.32. The van der Waals surface area contributed by atoms with Gasteiger partial charge in [-0.15, -0.1) is 0 Å². The molecule has 0 unspecified atom stereocenters. The van der Waals surface area contributed by atoms with Crippen molar-refractivity contribution < 1.29 is 24.0 Å². The average Bonchev–Trinajstić information content (AvgIpc) is 2.82. The molecule has 1 aliphatic heterocycles. The molecule has 0 radical (unpaired) electrons. The van der Waals surface area contributed by atoms with Crippen LogP contribution in [0.4, 0.5) is 0 Å². The molecule has 0 spiro atoms. The van der Waals surface area contributed by atoms with E-state index < -0.39 is 41.3 Å². The number of carbonyl (C=O) groups excluding carboxylic acids is 5. The number of hydrogen-bond donors (Lipinski definition) is 6. The highest BCUT2D eigenvalue weighted by molar-refractivity contribution is 5.96. The molecule has 1 rings (SSSR count). The zero-order chi connectivity index (χ0) is 29.0. The third-order valence-corrected chi connectivity index (χ3v) is 6.68. The van der Waals surface area contributed by atoms with Gasteiger partial charge < -0.3 is 32.7 Å². The van der Waals surface area contributed by atoms with E-state index in [9.17, 15) is 24.0 Å². The van der Waals surface area contributed by atoms with Crippen LogP contribution in [0, 0.1) is 17.3 Å². The number of rotatable bonds is 10. The molecule has 216 valence electrons. The van der Waals surface area contributed by atoms with E-state index in [2.05, 4.69) is 26.3 Å². The van der Waals surface area contributed by atoms with Gasteiger partial charge in [0, 0.05) is 25.4 Å². The third kappa shape index (κ3) is 10.7. The predicted molar refractivity (Wildman–Crippen MR) is 146 cm³/mol. The Hall–Kier alpha value is -3.18. The van der Waals surface area contributed by atoms with E-state index in [0.29, 0.717) is 12.8 Å². The van der Waals surface area contributed by atoms with Gasteiger partial charge in [0.15, 0.2) is 5.96 Å². The van der Waals surface area contributed by atoms with Crippen LogP contribution in [0.2, 0.25) is 0 Å². The number of amides is 4. The number of aliphatic imine (C=N–C) groups is 1. The first-order chi connectivity index (χ1) is 17.7. The lowest BCUT2D eigenvalue weighted by Crippen LogP contribution is -2.58. The lowest BCUT2D eigenvalue weighted by molar-refractivity contribution is -0.140.